The Labute approximate surface area is 58.8 Å². The summed E-state index contributed by atoms with van der Waals surface area (Å²) >= 11 is 0. The van der Waals surface area contributed by atoms with Crippen LogP contribution in [0.3, 0.4) is 0 Å². The molecule has 1 aliphatic rings. The van der Waals surface area contributed by atoms with Gasteiger partial charge in [-0.3, -0.25) is 0 Å². The van der Waals surface area contributed by atoms with Crippen LogP contribution in [0.4, 0.5) is 9.18 Å². The van der Waals surface area contributed by atoms with Gasteiger partial charge in [-0.15, -0.1) is 0 Å². The van der Waals surface area contributed by atoms with Crippen LogP contribution in [0.2, 0.25) is 0 Å². The Morgan fingerprint density at radius 3 is 2.60 bits per heavy atom. The number of amides is 2. The summed E-state index contributed by atoms with van der Waals surface area (Å²) in [5.41, 5.74) is 3.73. The van der Waals surface area contributed by atoms with E-state index in [1.165, 1.54) is 6.92 Å². The minimum atomic E-state index is -1.09. The fourth-order valence-corrected chi connectivity index (χ4v) is 1.27. The Morgan fingerprint density at radius 2 is 2.30 bits per heavy atom. The van der Waals surface area contributed by atoms with E-state index in [9.17, 15) is 9.18 Å². The molecule has 58 valence electrons. The summed E-state index contributed by atoms with van der Waals surface area (Å²) in [5, 5.41) is 2.43. The monoisotopic (exact) mass is 146 g/mol. The smallest absolute Gasteiger partial charge is 0.312 e. The molecule has 1 saturated carbocycles. The topological polar surface area (TPSA) is 55.1 Å². The highest BCUT2D eigenvalue weighted by molar-refractivity contribution is 5.72. The highest BCUT2D eigenvalue weighted by Crippen LogP contribution is 2.35. The van der Waals surface area contributed by atoms with Crippen LogP contribution in [0.5, 0.6) is 0 Å². The average Bonchev–Trinajstić information content (AvgIpc) is 1.57. The van der Waals surface area contributed by atoms with E-state index < -0.39 is 11.7 Å². The molecule has 1 rings (SSSR count). The lowest BCUT2D eigenvalue weighted by molar-refractivity contribution is 0.0532. The number of nitrogens with one attached hydrogen (secondary N) is 1. The molecule has 0 radical (unpaired) electrons. The third kappa shape index (κ3) is 1.59. The second-order valence-corrected chi connectivity index (χ2v) is 3.03. The molecule has 0 aromatic carbocycles. The number of rotatable bonds is 1. The maximum Gasteiger partial charge on any atom is 0.312 e. The van der Waals surface area contributed by atoms with E-state index in [-0.39, 0.29) is 6.04 Å². The highest BCUT2D eigenvalue weighted by atomic mass is 19.1. The molecular formula is C6H11FN2O. The van der Waals surface area contributed by atoms with Crippen molar-refractivity contribution in [3.63, 3.8) is 0 Å². The van der Waals surface area contributed by atoms with Crippen LogP contribution >= 0.6 is 0 Å². The standard InChI is InChI=1S/C6H11FN2O/c1-6(7)2-4(3-6)9-5(8)10/h4H,2-3H2,1H3,(H3,8,9,10). The number of carbonyl (C=O) groups is 1. The second-order valence-electron chi connectivity index (χ2n) is 3.03. The maximum atomic E-state index is 12.7. The quantitative estimate of drug-likeness (QED) is 0.557. The lowest BCUT2D eigenvalue weighted by atomic mass is 9.79. The maximum absolute atomic E-state index is 12.7. The molecule has 1 fully saturated rings. The van der Waals surface area contributed by atoms with Crippen LogP contribution in [0, 0.1) is 0 Å². The van der Waals surface area contributed by atoms with Gasteiger partial charge in [-0.25, -0.2) is 9.18 Å². The number of halogens is 1. The summed E-state index contributed by atoms with van der Waals surface area (Å²) < 4.78 is 12.7. The molecular weight excluding hydrogens is 135 g/mol. The fourth-order valence-electron chi connectivity index (χ4n) is 1.27. The van der Waals surface area contributed by atoms with Gasteiger partial charge in [-0.05, 0) is 6.92 Å². The highest BCUT2D eigenvalue weighted by Gasteiger charge is 2.40. The molecule has 0 spiro atoms. The van der Waals surface area contributed by atoms with Gasteiger partial charge in [0.25, 0.3) is 0 Å². The van der Waals surface area contributed by atoms with Crippen molar-refractivity contribution in [2.45, 2.75) is 31.5 Å². The fraction of sp³-hybridized carbons (Fsp3) is 0.833. The summed E-state index contributed by atoms with van der Waals surface area (Å²) in [6.45, 7) is 1.52. The van der Waals surface area contributed by atoms with Crippen LogP contribution in [0.25, 0.3) is 0 Å². The molecule has 0 atom stereocenters. The van der Waals surface area contributed by atoms with E-state index in [1.807, 2.05) is 0 Å². The van der Waals surface area contributed by atoms with Crippen molar-refractivity contribution in [3.8, 4) is 0 Å². The molecule has 0 unspecified atom stereocenters. The molecule has 3 N–H and O–H groups in total. The molecule has 0 saturated heterocycles. The first-order valence-corrected chi connectivity index (χ1v) is 3.24. The Balaban J connectivity index is 2.21. The van der Waals surface area contributed by atoms with Gasteiger partial charge >= 0.3 is 6.03 Å². The molecule has 0 aliphatic heterocycles. The van der Waals surface area contributed by atoms with Crippen LogP contribution in [-0.4, -0.2) is 17.7 Å². The van der Waals surface area contributed by atoms with Gasteiger partial charge in [-0.1, -0.05) is 0 Å². The lowest BCUT2D eigenvalue weighted by Crippen LogP contribution is -2.52. The Kier molecular flexibility index (Phi) is 1.54. The number of urea groups is 1. The zero-order valence-corrected chi connectivity index (χ0v) is 5.86. The largest absolute Gasteiger partial charge is 0.352 e. The summed E-state index contributed by atoms with van der Waals surface area (Å²) in [6, 6.07) is -0.618. The number of nitrogens with two attached hydrogens (primary N) is 1. The van der Waals surface area contributed by atoms with Gasteiger partial charge < -0.3 is 11.1 Å². The Hall–Kier alpha value is -0.800. The van der Waals surface area contributed by atoms with Crippen molar-refractivity contribution in [3.05, 3.63) is 0 Å². The Morgan fingerprint density at radius 1 is 1.80 bits per heavy atom. The van der Waals surface area contributed by atoms with Crippen molar-refractivity contribution in [1.82, 2.24) is 5.32 Å². The van der Waals surface area contributed by atoms with Gasteiger partial charge in [0.2, 0.25) is 0 Å². The zero-order valence-electron chi connectivity index (χ0n) is 5.86. The lowest BCUT2D eigenvalue weighted by Gasteiger charge is -2.38. The van der Waals surface area contributed by atoms with Crippen molar-refractivity contribution in [2.75, 3.05) is 0 Å². The van der Waals surface area contributed by atoms with E-state index in [0.29, 0.717) is 12.8 Å². The van der Waals surface area contributed by atoms with Gasteiger partial charge in [0.1, 0.15) is 5.67 Å². The van der Waals surface area contributed by atoms with Gasteiger partial charge in [-0.2, -0.15) is 0 Å². The number of primary amides is 1. The third-order valence-electron chi connectivity index (χ3n) is 1.69. The summed E-state index contributed by atoms with van der Waals surface area (Å²) in [6.07, 6.45) is 0.770. The minimum Gasteiger partial charge on any atom is -0.352 e. The van der Waals surface area contributed by atoms with Crippen LogP contribution < -0.4 is 11.1 Å². The SMILES string of the molecule is CC1(F)CC(NC(N)=O)C1. The van der Waals surface area contributed by atoms with Gasteiger partial charge in [0, 0.05) is 18.9 Å². The van der Waals surface area contributed by atoms with Crippen LogP contribution in [-0.2, 0) is 0 Å². The molecule has 4 heteroatoms. The van der Waals surface area contributed by atoms with E-state index in [2.05, 4.69) is 5.32 Å². The number of carbonyl (C=O) groups excluding carboxylic acids is 1. The molecule has 0 aromatic rings. The predicted molar refractivity (Wildman–Crippen MR) is 35.3 cm³/mol. The normalized spacial score (nSPS) is 38.4. The number of hydrogen-bond acceptors (Lipinski definition) is 1. The molecule has 0 heterocycles. The predicted octanol–water partition coefficient (Wildman–Crippen LogP) is 0.545. The third-order valence-corrected chi connectivity index (χ3v) is 1.69. The molecule has 10 heavy (non-hydrogen) atoms. The van der Waals surface area contributed by atoms with Crippen molar-refractivity contribution in [2.24, 2.45) is 5.73 Å². The van der Waals surface area contributed by atoms with Crippen LogP contribution in [0.1, 0.15) is 19.8 Å². The summed E-state index contributed by atoms with van der Waals surface area (Å²) in [5.74, 6) is 0. The zero-order chi connectivity index (χ0) is 7.78. The molecule has 0 aromatic heterocycles. The van der Waals surface area contributed by atoms with Crippen molar-refractivity contribution in [1.29, 1.82) is 0 Å². The van der Waals surface area contributed by atoms with Gasteiger partial charge in [0.05, 0.1) is 0 Å². The Bertz CT molecular complexity index is 150. The average molecular weight is 146 g/mol. The molecule has 0 bridgehead atoms. The van der Waals surface area contributed by atoms with Gasteiger partial charge in [0.15, 0.2) is 0 Å². The van der Waals surface area contributed by atoms with E-state index in [1.54, 1.807) is 0 Å². The van der Waals surface area contributed by atoms with E-state index in [0.717, 1.165) is 0 Å². The summed E-state index contributed by atoms with van der Waals surface area (Å²) in [4.78, 5) is 10.2. The molecule has 3 nitrogen and oxygen atoms in total. The minimum absolute atomic E-state index is 0.0486. The number of alkyl halides is 1. The molecule has 2 amide bonds. The first-order chi connectivity index (χ1) is 4.49. The van der Waals surface area contributed by atoms with Crippen molar-refractivity contribution < 1.29 is 9.18 Å². The second kappa shape index (κ2) is 2.11. The van der Waals surface area contributed by atoms with E-state index in [4.69, 9.17) is 5.73 Å². The first kappa shape index (κ1) is 7.31. The summed E-state index contributed by atoms with van der Waals surface area (Å²) in [7, 11) is 0. The van der Waals surface area contributed by atoms with E-state index >= 15 is 0 Å². The number of hydrogen-bond donors (Lipinski definition) is 2. The molecule has 1 aliphatic carbocycles. The van der Waals surface area contributed by atoms with Crippen LogP contribution in [0.15, 0.2) is 0 Å². The van der Waals surface area contributed by atoms with Crippen molar-refractivity contribution >= 4 is 6.03 Å². The first-order valence-electron chi connectivity index (χ1n) is 3.24.